The summed E-state index contributed by atoms with van der Waals surface area (Å²) < 4.78 is 3.69. The fraction of sp³-hybridized carbons (Fsp3) is 0.136. The van der Waals surface area contributed by atoms with Gasteiger partial charge in [0.1, 0.15) is 6.54 Å². The Morgan fingerprint density at radius 2 is 1.88 bits per heavy atom. The van der Waals surface area contributed by atoms with E-state index in [9.17, 15) is 14.4 Å². The molecule has 0 fully saturated rings. The van der Waals surface area contributed by atoms with E-state index in [0.29, 0.717) is 5.13 Å². The van der Waals surface area contributed by atoms with E-state index >= 15 is 0 Å². The van der Waals surface area contributed by atoms with Gasteiger partial charge in [-0.1, -0.05) is 36.4 Å². The summed E-state index contributed by atoms with van der Waals surface area (Å²) in [5.74, 6) is -0.509. The van der Waals surface area contributed by atoms with Gasteiger partial charge in [-0.3, -0.25) is 14.2 Å². The van der Waals surface area contributed by atoms with Crippen LogP contribution in [-0.2, 0) is 25.4 Å². The zero-order valence-corrected chi connectivity index (χ0v) is 18.1. The van der Waals surface area contributed by atoms with Crippen LogP contribution in [0.1, 0.15) is 0 Å². The number of hydrogen-bond acceptors (Lipinski definition) is 6. The maximum absolute atomic E-state index is 12.8. The monoisotopic (exact) mass is 446 g/mol. The van der Waals surface area contributed by atoms with Crippen LogP contribution in [0.3, 0.4) is 0 Å². The molecule has 160 valence electrons. The summed E-state index contributed by atoms with van der Waals surface area (Å²) in [7, 11) is 3.18. The summed E-state index contributed by atoms with van der Waals surface area (Å²) in [4.78, 5) is 46.5. The molecule has 3 heterocycles. The number of anilines is 1. The Bertz CT molecular complexity index is 1620. The standard InChI is InChI=1S/C22H18N6O3S/c1-26-12-23-19-18(26)20(30)28(22(31)27(19)2)10-17(29)25-21-24-16(11-32-21)15-8-7-13-5-3-4-6-14(13)9-15/h3-9,11-12H,10H2,1-2H3,(H,24,25,29). The molecule has 0 aliphatic heterocycles. The van der Waals surface area contributed by atoms with E-state index in [1.54, 1.807) is 7.05 Å². The molecule has 0 atom stereocenters. The SMILES string of the molecule is Cn1cnc2c1c(=O)n(CC(=O)Nc1nc(-c3ccc4ccccc4c3)cs1)c(=O)n2C. The second kappa shape index (κ2) is 7.57. The molecule has 1 amide bonds. The Morgan fingerprint density at radius 3 is 2.69 bits per heavy atom. The first-order valence-corrected chi connectivity index (χ1v) is 10.7. The average Bonchev–Trinajstić information content (AvgIpc) is 3.41. The number of benzene rings is 2. The van der Waals surface area contributed by atoms with Gasteiger partial charge in [0.2, 0.25) is 5.91 Å². The van der Waals surface area contributed by atoms with Crippen LogP contribution in [0.25, 0.3) is 33.2 Å². The molecule has 0 unspecified atom stereocenters. The molecule has 3 aromatic heterocycles. The Labute approximate surface area is 185 Å². The van der Waals surface area contributed by atoms with Gasteiger partial charge in [0.25, 0.3) is 5.56 Å². The van der Waals surface area contributed by atoms with Gasteiger partial charge in [0, 0.05) is 25.0 Å². The van der Waals surface area contributed by atoms with Crippen molar-refractivity contribution in [2.45, 2.75) is 6.54 Å². The molecule has 32 heavy (non-hydrogen) atoms. The number of thiazole rings is 1. The Balaban J connectivity index is 1.40. The quantitative estimate of drug-likeness (QED) is 0.456. The second-order valence-corrected chi connectivity index (χ2v) is 8.27. The van der Waals surface area contributed by atoms with Crippen molar-refractivity contribution in [1.82, 2.24) is 23.7 Å². The van der Waals surface area contributed by atoms with E-state index in [-0.39, 0.29) is 11.2 Å². The van der Waals surface area contributed by atoms with E-state index in [4.69, 9.17) is 0 Å². The summed E-state index contributed by atoms with van der Waals surface area (Å²) in [5.41, 5.74) is 1.04. The summed E-state index contributed by atoms with van der Waals surface area (Å²) in [6, 6.07) is 14.1. The molecule has 0 saturated heterocycles. The fourth-order valence-electron chi connectivity index (χ4n) is 3.65. The summed E-state index contributed by atoms with van der Waals surface area (Å²) in [5, 5.41) is 7.17. The molecule has 5 aromatic rings. The Hall–Kier alpha value is -4.05. The van der Waals surface area contributed by atoms with Crippen molar-refractivity contribution in [1.29, 1.82) is 0 Å². The molecule has 0 radical (unpaired) electrons. The van der Waals surface area contributed by atoms with E-state index in [1.807, 2.05) is 47.8 Å². The summed E-state index contributed by atoms with van der Waals surface area (Å²) in [6.07, 6.45) is 1.46. The van der Waals surface area contributed by atoms with E-state index in [1.165, 1.54) is 33.8 Å². The molecule has 0 bridgehead atoms. The molecular formula is C22H18N6O3S. The molecule has 2 aromatic carbocycles. The third-order valence-electron chi connectivity index (χ3n) is 5.30. The highest BCUT2D eigenvalue weighted by molar-refractivity contribution is 7.14. The zero-order chi connectivity index (χ0) is 22.4. The lowest BCUT2D eigenvalue weighted by atomic mass is 10.1. The largest absolute Gasteiger partial charge is 0.332 e. The van der Waals surface area contributed by atoms with Crippen LogP contribution in [0.5, 0.6) is 0 Å². The first-order chi connectivity index (χ1) is 15.4. The van der Waals surface area contributed by atoms with Crippen LogP contribution in [0.2, 0.25) is 0 Å². The van der Waals surface area contributed by atoms with Gasteiger partial charge in [-0.15, -0.1) is 11.3 Å². The fourth-order valence-corrected chi connectivity index (χ4v) is 4.39. The molecule has 1 N–H and O–H groups in total. The van der Waals surface area contributed by atoms with Gasteiger partial charge in [0.05, 0.1) is 12.0 Å². The van der Waals surface area contributed by atoms with Crippen LogP contribution < -0.4 is 16.6 Å². The number of imidazole rings is 1. The van der Waals surface area contributed by atoms with Crippen molar-refractivity contribution in [2.75, 3.05) is 5.32 Å². The van der Waals surface area contributed by atoms with Crippen molar-refractivity contribution in [3.8, 4) is 11.3 Å². The number of aromatic nitrogens is 5. The van der Waals surface area contributed by atoms with Crippen LogP contribution in [0.15, 0.2) is 63.8 Å². The number of hydrogen-bond donors (Lipinski definition) is 1. The molecule has 0 aliphatic rings. The van der Waals surface area contributed by atoms with Gasteiger partial charge in [-0.25, -0.2) is 19.3 Å². The maximum Gasteiger partial charge on any atom is 0.332 e. The van der Waals surface area contributed by atoms with Crippen LogP contribution >= 0.6 is 11.3 Å². The molecule has 0 aliphatic carbocycles. The van der Waals surface area contributed by atoms with Gasteiger partial charge in [-0.05, 0) is 16.8 Å². The highest BCUT2D eigenvalue weighted by atomic mass is 32.1. The Kier molecular flexibility index (Phi) is 4.71. The first-order valence-electron chi connectivity index (χ1n) is 9.78. The number of nitrogens with zero attached hydrogens (tertiary/aromatic N) is 5. The van der Waals surface area contributed by atoms with Crippen LogP contribution in [0.4, 0.5) is 5.13 Å². The van der Waals surface area contributed by atoms with Gasteiger partial charge >= 0.3 is 5.69 Å². The van der Waals surface area contributed by atoms with Crippen molar-refractivity contribution in [2.24, 2.45) is 14.1 Å². The Morgan fingerprint density at radius 1 is 1.09 bits per heavy atom. The molecule has 0 spiro atoms. The normalized spacial score (nSPS) is 11.3. The molecule has 5 rings (SSSR count). The predicted octanol–water partition coefficient (Wildman–Crippen LogP) is 2.35. The number of carbonyl (C=O) groups excluding carboxylic acids is 1. The summed E-state index contributed by atoms with van der Waals surface area (Å²) in [6.45, 7) is -0.419. The predicted molar refractivity (Wildman–Crippen MR) is 124 cm³/mol. The second-order valence-electron chi connectivity index (χ2n) is 7.41. The number of aryl methyl sites for hydroxylation is 2. The van der Waals surface area contributed by atoms with Crippen LogP contribution in [0, 0.1) is 0 Å². The lowest BCUT2D eigenvalue weighted by molar-refractivity contribution is -0.116. The number of rotatable bonds is 4. The van der Waals surface area contributed by atoms with Crippen LogP contribution in [-0.4, -0.2) is 29.6 Å². The number of carbonyl (C=O) groups is 1. The maximum atomic E-state index is 12.8. The topological polar surface area (TPSA) is 104 Å². The van der Waals surface area contributed by atoms with Crippen molar-refractivity contribution in [3.05, 3.63) is 75.0 Å². The lowest BCUT2D eigenvalue weighted by Gasteiger charge is -2.08. The minimum Gasteiger partial charge on any atom is -0.328 e. The highest BCUT2D eigenvalue weighted by Gasteiger charge is 2.17. The lowest BCUT2D eigenvalue weighted by Crippen LogP contribution is -2.42. The molecular weight excluding hydrogens is 428 g/mol. The third-order valence-corrected chi connectivity index (χ3v) is 6.06. The third kappa shape index (κ3) is 3.30. The number of nitrogens with one attached hydrogen (secondary N) is 1. The number of amides is 1. The molecule has 9 nitrogen and oxygen atoms in total. The minimum atomic E-state index is -0.604. The smallest absolute Gasteiger partial charge is 0.328 e. The van der Waals surface area contributed by atoms with E-state index in [0.717, 1.165) is 26.6 Å². The zero-order valence-electron chi connectivity index (χ0n) is 17.3. The molecule has 10 heteroatoms. The molecule has 0 saturated carbocycles. The van der Waals surface area contributed by atoms with Crippen molar-refractivity contribution in [3.63, 3.8) is 0 Å². The number of fused-ring (bicyclic) bond motifs is 2. The minimum absolute atomic E-state index is 0.257. The van der Waals surface area contributed by atoms with Crippen molar-refractivity contribution >= 4 is 44.3 Å². The first kappa shape index (κ1) is 19.9. The van der Waals surface area contributed by atoms with Gasteiger partial charge in [-0.2, -0.15) is 0 Å². The highest BCUT2D eigenvalue weighted by Crippen LogP contribution is 2.27. The van der Waals surface area contributed by atoms with Gasteiger partial charge < -0.3 is 9.88 Å². The van der Waals surface area contributed by atoms with E-state index < -0.39 is 23.7 Å². The van der Waals surface area contributed by atoms with Gasteiger partial charge in [0.15, 0.2) is 16.3 Å². The van der Waals surface area contributed by atoms with Crippen molar-refractivity contribution < 1.29 is 4.79 Å². The van der Waals surface area contributed by atoms with E-state index in [2.05, 4.69) is 15.3 Å². The average molecular weight is 446 g/mol. The summed E-state index contributed by atoms with van der Waals surface area (Å²) >= 11 is 1.28.